The van der Waals surface area contributed by atoms with Gasteiger partial charge < -0.3 is 15.5 Å². The van der Waals surface area contributed by atoms with Crippen LogP contribution in [0.25, 0.3) is 0 Å². The number of hydrogen-bond acceptors (Lipinski definition) is 4. The number of likely N-dealkylation sites (N-methyl/N-ethyl adjacent to an activating group) is 1. The van der Waals surface area contributed by atoms with Crippen molar-refractivity contribution in [3.05, 3.63) is 51.2 Å². The molecule has 6 nitrogen and oxygen atoms in total. The van der Waals surface area contributed by atoms with E-state index in [-0.39, 0.29) is 34.9 Å². The maximum absolute atomic E-state index is 12.1. The lowest BCUT2D eigenvalue weighted by atomic mass is 10.2. The normalized spacial score (nSPS) is 10.1. The van der Waals surface area contributed by atoms with Gasteiger partial charge in [0.05, 0.1) is 22.0 Å². The van der Waals surface area contributed by atoms with E-state index in [1.807, 2.05) is 0 Å². The van der Waals surface area contributed by atoms with Crippen molar-refractivity contribution >= 4 is 46.3 Å². The van der Waals surface area contributed by atoms with E-state index >= 15 is 0 Å². The van der Waals surface area contributed by atoms with E-state index in [9.17, 15) is 14.4 Å². The van der Waals surface area contributed by atoms with Crippen molar-refractivity contribution in [1.82, 2.24) is 10.2 Å². The third-order valence-electron chi connectivity index (χ3n) is 3.18. The number of benzene rings is 1. The number of hydrogen-bond donors (Lipinski definition) is 2. The number of amides is 3. The molecule has 24 heavy (non-hydrogen) atoms. The summed E-state index contributed by atoms with van der Waals surface area (Å²) >= 11 is 7.28. The van der Waals surface area contributed by atoms with Crippen LogP contribution in [0.15, 0.2) is 35.7 Å². The van der Waals surface area contributed by atoms with Crippen LogP contribution in [0.3, 0.4) is 0 Å². The molecule has 0 aliphatic rings. The molecule has 0 saturated carbocycles. The first-order valence-electron chi connectivity index (χ1n) is 7.03. The molecule has 8 heteroatoms. The second-order valence-corrected chi connectivity index (χ2v) is 6.32. The molecule has 1 heterocycles. The fourth-order valence-corrected chi connectivity index (χ4v) is 2.91. The number of nitrogens with zero attached hydrogens (tertiary/aromatic N) is 1. The van der Waals surface area contributed by atoms with Crippen LogP contribution < -0.4 is 10.6 Å². The molecule has 0 aliphatic carbocycles. The van der Waals surface area contributed by atoms with Crippen molar-refractivity contribution in [2.75, 3.05) is 26.0 Å². The molecule has 0 radical (unpaired) electrons. The molecular formula is C16H16ClN3O3S. The van der Waals surface area contributed by atoms with Gasteiger partial charge in [0, 0.05) is 19.8 Å². The monoisotopic (exact) mass is 365 g/mol. The van der Waals surface area contributed by atoms with Crippen LogP contribution in [0.1, 0.15) is 20.0 Å². The Kier molecular flexibility index (Phi) is 5.94. The fraction of sp³-hybridized carbons (Fsp3) is 0.188. The van der Waals surface area contributed by atoms with Gasteiger partial charge in [0.15, 0.2) is 0 Å². The third kappa shape index (κ3) is 4.33. The fourth-order valence-electron chi connectivity index (χ4n) is 1.99. The first kappa shape index (κ1) is 18.0. The smallest absolute Gasteiger partial charge is 0.264 e. The van der Waals surface area contributed by atoms with Crippen molar-refractivity contribution in [3.63, 3.8) is 0 Å². The Labute approximate surface area is 148 Å². The van der Waals surface area contributed by atoms with Crippen LogP contribution >= 0.6 is 22.9 Å². The summed E-state index contributed by atoms with van der Waals surface area (Å²) in [7, 11) is 3.05. The molecule has 0 aliphatic heterocycles. The summed E-state index contributed by atoms with van der Waals surface area (Å²) in [5.41, 5.74) is 0.694. The van der Waals surface area contributed by atoms with Gasteiger partial charge in [0.25, 0.3) is 11.8 Å². The molecular weight excluding hydrogens is 350 g/mol. The molecule has 0 saturated heterocycles. The summed E-state index contributed by atoms with van der Waals surface area (Å²) < 4.78 is 0. The van der Waals surface area contributed by atoms with E-state index in [0.717, 1.165) is 0 Å². The van der Waals surface area contributed by atoms with E-state index in [1.165, 1.54) is 35.4 Å². The second-order valence-electron chi connectivity index (χ2n) is 4.96. The summed E-state index contributed by atoms with van der Waals surface area (Å²) in [6.07, 6.45) is 0. The topological polar surface area (TPSA) is 78.5 Å². The Morgan fingerprint density at radius 2 is 2.00 bits per heavy atom. The highest BCUT2D eigenvalue weighted by molar-refractivity contribution is 7.12. The van der Waals surface area contributed by atoms with Crippen molar-refractivity contribution < 1.29 is 14.4 Å². The second kappa shape index (κ2) is 7.94. The molecule has 3 amide bonds. The predicted octanol–water partition coefficient (Wildman–Crippen LogP) is 2.47. The average Bonchev–Trinajstić information content (AvgIpc) is 3.09. The van der Waals surface area contributed by atoms with E-state index in [2.05, 4.69) is 10.6 Å². The summed E-state index contributed by atoms with van der Waals surface area (Å²) in [6, 6.07) is 8.09. The molecule has 0 bridgehead atoms. The summed E-state index contributed by atoms with van der Waals surface area (Å²) in [6.45, 7) is -0.103. The summed E-state index contributed by atoms with van der Waals surface area (Å²) in [5.74, 6) is -0.934. The van der Waals surface area contributed by atoms with Crippen LogP contribution in [0.2, 0.25) is 5.02 Å². The Balaban J connectivity index is 2.02. The molecule has 0 spiro atoms. The Morgan fingerprint density at radius 1 is 1.25 bits per heavy atom. The zero-order valence-electron chi connectivity index (χ0n) is 13.1. The molecule has 2 aromatic rings. The van der Waals surface area contributed by atoms with Gasteiger partial charge in [-0.15, -0.1) is 11.3 Å². The predicted molar refractivity (Wildman–Crippen MR) is 94.8 cm³/mol. The number of carbonyl (C=O) groups excluding carboxylic acids is 3. The standard InChI is InChI=1S/C16H16ClN3O3S/c1-18-15(22)11-8-10(5-6-12(11)17)19-14(21)9-20(2)16(23)13-4-3-7-24-13/h3-8H,9H2,1-2H3,(H,18,22)(H,19,21). The van der Waals surface area contributed by atoms with Crippen LogP contribution in [0.5, 0.6) is 0 Å². The quantitative estimate of drug-likeness (QED) is 0.854. The molecule has 2 rings (SSSR count). The van der Waals surface area contributed by atoms with Crippen molar-refractivity contribution in [2.24, 2.45) is 0 Å². The van der Waals surface area contributed by atoms with Crippen molar-refractivity contribution in [1.29, 1.82) is 0 Å². The minimum Gasteiger partial charge on any atom is -0.355 e. The molecule has 0 fully saturated rings. The minimum absolute atomic E-state index is 0.103. The largest absolute Gasteiger partial charge is 0.355 e. The van der Waals surface area contributed by atoms with Crippen LogP contribution in [-0.2, 0) is 4.79 Å². The van der Waals surface area contributed by atoms with Gasteiger partial charge in [-0.2, -0.15) is 0 Å². The first-order valence-corrected chi connectivity index (χ1v) is 8.28. The average molecular weight is 366 g/mol. The van der Waals surface area contributed by atoms with E-state index in [4.69, 9.17) is 11.6 Å². The number of carbonyl (C=O) groups is 3. The van der Waals surface area contributed by atoms with Crippen LogP contribution in [-0.4, -0.2) is 43.3 Å². The number of anilines is 1. The highest BCUT2D eigenvalue weighted by Gasteiger charge is 2.16. The number of thiophene rings is 1. The molecule has 126 valence electrons. The zero-order chi connectivity index (χ0) is 17.7. The van der Waals surface area contributed by atoms with Gasteiger partial charge in [-0.3, -0.25) is 14.4 Å². The SMILES string of the molecule is CNC(=O)c1cc(NC(=O)CN(C)C(=O)c2cccs2)ccc1Cl. The van der Waals surface area contributed by atoms with Gasteiger partial charge in [0.1, 0.15) is 0 Å². The highest BCUT2D eigenvalue weighted by atomic mass is 35.5. The van der Waals surface area contributed by atoms with Gasteiger partial charge >= 0.3 is 0 Å². The van der Waals surface area contributed by atoms with Gasteiger partial charge in [0.2, 0.25) is 5.91 Å². The highest BCUT2D eigenvalue weighted by Crippen LogP contribution is 2.20. The molecule has 1 aromatic heterocycles. The summed E-state index contributed by atoms with van der Waals surface area (Å²) in [4.78, 5) is 37.8. The minimum atomic E-state index is -0.368. The van der Waals surface area contributed by atoms with E-state index in [0.29, 0.717) is 10.6 Å². The maximum Gasteiger partial charge on any atom is 0.264 e. The molecule has 1 aromatic carbocycles. The molecule has 0 atom stereocenters. The third-order valence-corrected chi connectivity index (χ3v) is 4.37. The number of nitrogens with one attached hydrogen (secondary N) is 2. The van der Waals surface area contributed by atoms with E-state index in [1.54, 1.807) is 30.6 Å². The van der Waals surface area contributed by atoms with Crippen molar-refractivity contribution in [2.45, 2.75) is 0 Å². The lowest BCUT2D eigenvalue weighted by Gasteiger charge is -2.16. The lowest BCUT2D eigenvalue weighted by Crippen LogP contribution is -2.34. The Hall–Kier alpha value is -2.38. The van der Waals surface area contributed by atoms with Crippen molar-refractivity contribution in [3.8, 4) is 0 Å². The zero-order valence-corrected chi connectivity index (χ0v) is 14.7. The van der Waals surface area contributed by atoms with Crippen LogP contribution in [0.4, 0.5) is 5.69 Å². The number of rotatable bonds is 5. The molecule has 2 N–H and O–H groups in total. The number of halogens is 1. The summed E-state index contributed by atoms with van der Waals surface area (Å²) in [5, 5.41) is 7.22. The Bertz CT molecular complexity index is 762. The lowest BCUT2D eigenvalue weighted by molar-refractivity contribution is -0.116. The first-order chi connectivity index (χ1) is 11.4. The Morgan fingerprint density at radius 3 is 2.62 bits per heavy atom. The van der Waals surface area contributed by atoms with Gasteiger partial charge in [-0.05, 0) is 29.6 Å². The van der Waals surface area contributed by atoms with E-state index < -0.39 is 0 Å². The maximum atomic E-state index is 12.1. The van der Waals surface area contributed by atoms with Crippen LogP contribution in [0, 0.1) is 0 Å². The van der Waals surface area contributed by atoms with Gasteiger partial charge in [-0.25, -0.2) is 0 Å². The molecule has 0 unspecified atom stereocenters. The van der Waals surface area contributed by atoms with Gasteiger partial charge in [-0.1, -0.05) is 17.7 Å².